The van der Waals surface area contributed by atoms with Gasteiger partial charge in [0.15, 0.2) is 0 Å². The average Bonchev–Trinajstić information content (AvgIpc) is 2.47. The second-order valence-electron chi connectivity index (χ2n) is 5.22. The Hall–Kier alpha value is -1.45. The minimum absolute atomic E-state index is 0.0745. The smallest absolute Gasteiger partial charge is 0.142 e. The van der Waals surface area contributed by atoms with Crippen LogP contribution in [0.15, 0.2) is 36.5 Å². The number of hydrogen-bond acceptors (Lipinski definition) is 2. The largest absolute Gasteiger partial charge is 0.308 e. The molecular formula is C17H20ClFN2. The minimum Gasteiger partial charge on any atom is -0.308 e. The summed E-state index contributed by atoms with van der Waals surface area (Å²) in [5.41, 5.74) is 3.07. The Balaban J connectivity index is 2.21. The molecule has 1 heterocycles. The molecule has 0 aliphatic carbocycles. The molecule has 0 fully saturated rings. The third kappa shape index (κ3) is 4.51. The van der Waals surface area contributed by atoms with E-state index in [2.05, 4.69) is 23.3 Å². The summed E-state index contributed by atoms with van der Waals surface area (Å²) in [4.78, 5) is 4.45. The predicted molar refractivity (Wildman–Crippen MR) is 85.1 cm³/mol. The molecule has 1 N–H and O–H groups in total. The van der Waals surface area contributed by atoms with E-state index in [1.165, 1.54) is 11.6 Å². The Labute approximate surface area is 130 Å². The van der Waals surface area contributed by atoms with Crippen molar-refractivity contribution < 1.29 is 4.39 Å². The highest BCUT2D eigenvalue weighted by molar-refractivity contribution is 6.30. The first kappa shape index (κ1) is 15.9. The molecule has 1 unspecified atom stereocenters. The summed E-state index contributed by atoms with van der Waals surface area (Å²) >= 11 is 5.74. The molecule has 0 bridgehead atoms. The SMILES string of the molecule is CCCNC(Cc1ccc(Cl)c(F)c1)c1cc(C)ccn1. The summed E-state index contributed by atoms with van der Waals surface area (Å²) in [7, 11) is 0. The van der Waals surface area contributed by atoms with E-state index in [4.69, 9.17) is 11.6 Å². The van der Waals surface area contributed by atoms with Crippen LogP contribution in [0.3, 0.4) is 0 Å². The number of pyridine rings is 1. The van der Waals surface area contributed by atoms with Crippen LogP contribution in [-0.2, 0) is 6.42 Å². The van der Waals surface area contributed by atoms with Crippen molar-refractivity contribution in [3.8, 4) is 0 Å². The van der Waals surface area contributed by atoms with Crippen LogP contribution in [0.5, 0.6) is 0 Å². The molecule has 0 saturated heterocycles. The van der Waals surface area contributed by atoms with E-state index in [1.807, 2.05) is 25.3 Å². The van der Waals surface area contributed by atoms with Gasteiger partial charge in [-0.25, -0.2) is 4.39 Å². The van der Waals surface area contributed by atoms with Crippen LogP contribution in [0.1, 0.15) is 36.2 Å². The molecule has 0 aliphatic rings. The van der Waals surface area contributed by atoms with Gasteiger partial charge >= 0.3 is 0 Å². The lowest BCUT2D eigenvalue weighted by Crippen LogP contribution is -2.25. The number of halogens is 2. The van der Waals surface area contributed by atoms with Gasteiger partial charge in [-0.05, 0) is 61.7 Å². The Kier molecular flexibility index (Phi) is 5.71. The molecular weight excluding hydrogens is 287 g/mol. The van der Waals surface area contributed by atoms with Gasteiger partial charge in [0.1, 0.15) is 5.82 Å². The summed E-state index contributed by atoms with van der Waals surface area (Å²) in [6.45, 7) is 5.07. The van der Waals surface area contributed by atoms with E-state index in [0.717, 1.165) is 24.2 Å². The van der Waals surface area contributed by atoms with Gasteiger partial charge in [-0.2, -0.15) is 0 Å². The highest BCUT2D eigenvalue weighted by Gasteiger charge is 2.14. The first-order valence-electron chi connectivity index (χ1n) is 7.20. The van der Waals surface area contributed by atoms with Crippen LogP contribution in [-0.4, -0.2) is 11.5 Å². The highest BCUT2D eigenvalue weighted by Crippen LogP contribution is 2.21. The second kappa shape index (κ2) is 7.53. The Bertz CT molecular complexity index is 601. The van der Waals surface area contributed by atoms with E-state index >= 15 is 0 Å². The van der Waals surface area contributed by atoms with Crippen molar-refractivity contribution >= 4 is 11.6 Å². The third-order valence-electron chi connectivity index (χ3n) is 3.36. The van der Waals surface area contributed by atoms with E-state index in [0.29, 0.717) is 6.42 Å². The van der Waals surface area contributed by atoms with Crippen LogP contribution in [0.4, 0.5) is 4.39 Å². The van der Waals surface area contributed by atoms with Gasteiger partial charge in [0.05, 0.1) is 16.8 Å². The van der Waals surface area contributed by atoms with Crippen LogP contribution in [0, 0.1) is 12.7 Å². The predicted octanol–water partition coefficient (Wildman–Crippen LogP) is 4.47. The summed E-state index contributed by atoms with van der Waals surface area (Å²) < 4.78 is 13.6. The van der Waals surface area contributed by atoms with E-state index in [1.54, 1.807) is 6.07 Å². The van der Waals surface area contributed by atoms with Crippen molar-refractivity contribution in [1.29, 1.82) is 0 Å². The van der Waals surface area contributed by atoms with Gasteiger partial charge in [0.2, 0.25) is 0 Å². The lowest BCUT2D eigenvalue weighted by Gasteiger charge is -2.19. The molecule has 1 aromatic heterocycles. The standard InChI is InChI=1S/C17H20ClFN2/c1-3-7-20-17(16-9-12(2)6-8-21-16)11-13-4-5-14(18)15(19)10-13/h4-6,8-10,17,20H,3,7,11H2,1-2H3. The molecule has 0 aliphatic heterocycles. The number of rotatable bonds is 6. The monoisotopic (exact) mass is 306 g/mol. The molecule has 4 heteroatoms. The van der Waals surface area contributed by atoms with E-state index < -0.39 is 0 Å². The second-order valence-corrected chi connectivity index (χ2v) is 5.62. The van der Waals surface area contributed by atoms with Crippen molar-refractivity contribution in [2.75, 3.05) is 6.54 Å². The summed E-state index contributed by atoms with van der Waals surface area (Å²) in [6, 6.07) is 9.08. The van der Waals surface area contributed by atoms with Crippen molar-refractivity contribution in [2.45, 2.75) is 32.7 Å². The first-order valence-corrected chi connectivity index (χ1v) is 7.57. The van der Waals surface area contributed by atoms with Gasteiger partial charge in [-0.3, -0.25) is 4.98 Å². The lowest BCUT2D eigenvalue weighted by molar-refractivity contribution is 0.516. The molecule has 1 atom stereocenters. The molecule has 112 valence electrons. The Morgan fingerprint density at radius 1 is 1.29 bits per heavy atom. The number of hydrogen-bond donors (Lipinski definition) is 1. The van der Waals surface area contributed by atoms with E-state index in [-0.39, 0.29) is 16.9 Å². The molecule has 2 nitrogen and oxygen atoms in total. The minimum atomic E-state index is -0.374. The topological polar surface area (TPSA) is 24.9 Å². The van der Waals surface area contributed by atoms with Gasteiger partial charge in [-0.1, -0.05) is 24.6 Å². The molecule has 1 aromatic carbocycles. The number of aryl methyl sites for hydroxylation is 1. The highest BCUT2D eigenvalue weighted by atomic mass is 35.5. The molecule has 0 spiro atoms. The number of nitrogens with one attached hydrogen (secondary N) is 1. The number of nitrogens with zero attached hydrogens (tertiary/aromatic N) is 1. The summed E-state index contributed by atoms with van der Waals surface area (Å²) in [5, 5.41) is 3.64. The fourth-order valence-electron chi connectivity index (χ4n) is 2.25. The normalized spacial score (nSPS) is 12.4. The lowest BCUT2D eigenvalue weighted by atomic mass is 10.0. The fourth-order valence-corrected chi connectivity index (χ4v) is 2.37. The van der Waals surface area contributed by atoms with Crippen LogP contribution in [0.2, 0.25) is 5.02 Å². The van der Waals surface area contributed by atoms with Crippen molar-refractivity contribution in [1.82, 2.24) is 10.3 Å². The van der Waals surface area contributed by atoms with Gasteiger partial charge in [0, 0.05) is 6.20 Å². The molecule has 0 amide bonds. The molecule has 2 aromatic rings. The molecule has 0 radical (unpaired) electrons. The molecule has 2 rings (SSSR count). The zero-order valence-electron chi connectivity index (χ0n) is 12.4. The Morgan fingerprint density at radius 3 is 2.76 bits per heavy atom. The van der Waals surface area contributed by atoms with Crippen LogP contribution < -0.4 is 5.32 Å². The summed E-state index contributed by atoms with van der Waals surface area (Å²) in [5.74, 6) is -0.374. The van der Waals surface area contributed by atoms with Crippen molar-refractivity contribution in [3.63, 3.8) is 0 Å². The van der Waals surface area contributed by atoms with Gasteiger partial charge in [0.25, 0.3) is 0 Å². The van der Waals surface area contributed by atoms with Gasteiger partial charge in [-0.15, -0.1) is 0 Å². The maximum atomic E-state index is 13.6. The van der Waals surface area contributed by atoms with Crippen molar-refractivity contribution in [3.05, 3.63) is 64.2 Å². The maximum Gasteiger partial charge on any atom is 0.142 e. The quantitative estimate of drug-likeness (QED) is 0.852. The molecule has 21 heavy (non-hydrogen) atoms. The first-order chi connectivity index (χ1) is 10.1. The van der Waals surface area contributed by atoms with Crippen LogP contribution in [0.25, 0.3) is 0 Å². The fraction of sp³-hybridized carbons (Fsp3) is 0.353. The molecule has 0 saturated carbocycles. The third-order valence-corrected chi connectivity index (χ3v) is 3.66. The Morgan fingerprint density at radius 2 is 2.10 bits per heavy atom. The van der Waals surface area contributed by atoms with Crippen molar-refractivity contribution in [2.24, 2.45) is 0 Å². The van der Waals surface area contributed by atoms with Gasteiger partial charge < -0.3 is 5.32 Å². The zero-order valence-corrected chi connectivity index (χ0v) is 13.1. The van der Waals surface area contributed by atoms with E-state index in [9.17, 15) is 4.39 Å². The maximum absolute atomic E-state index is 13.6. The number of aromatic nitrogens is 1. The summed E-state index contributed by atoms with van der Waals surface area (Å²) in [6.07, 6.45) is 3.54. The average molecular weight is 307 g/mol. The van der Waals surface area contributed by atoms with Crippen LogP contribution >= 0.6 is 11.6 Å². The zero-order chi connectivity index (χ0) is 15.2. The number of benzene rings is 1.